The average Bonchev–Trinajstić information content (AvgIpc) is 3.56. The number of rotatable bonds is 5. The first-order valence-electron chi connectivity index (χ1n) is 9.61. The normalized spacial score (nSPS) is 11.5. The van der Waals surface area contributed by atoms with Crippen molar-refractivity contribution in [2.24, 2.45) is 0 Å². The first-order chi connectivity index (χ1) is 15.6. The van der Waals surface area contributed by atoms with Crippen molar-refractivity contribution in [2.75, 3.05) is 7.11 Å². The molecular formula is C24H16N2O3S3. The molecule has 2 aromatic carbocycles. The Hall–Kier alpha value is -3.38. The van der Waals surface area contributed by atoms with Crippen molar-refractivity contribution in [3.63, 3.8) is 0 Å². The van der Waals surface area contributed by atoms with Crippen molar-refractivity contribution >= 4 is 43.6 Å². The van der Waals surface area contributed by atoms with Gasteiger partial charge in [-0.3, -0.25) is 0 Å². The molecule has 32 heavy (non-hydrogen) atoms. The molecule has 0 radical (unpaired) electrons. The highest BCUT2D eigenvalue weighted by molar-refractivity contribution is 7.90. The fourth-order valence-electron chi connectivity index (χ4n) is 3.82. The number of methoxy groups -OCH3 is 1. The Kier molecular flexibility index (Phi) is 5.10. The molecule has 0 spiro atoms. The Balaban J connectivity index is 1.92. The number of hydrogen-bond donors (Lipinski definition) is 0. The second kappa shape index (κ2) is 7.95. The lowest BCUT2D eigenvalue weighted by Crippen LogP contribution is -2.14. The van der Waals surface area contributed by atoms with Gasteiger partial charge in [0, 0.05) is 16.5 Å². The SMILES string of the molecule is COc1ccc(S(=O)(=O)n2c(-c3cccs3)c(-c3ccsc3C#N)c3ccccc32)cc1. The molecule has 5 rings (SSSR count). The minimum Gasteiger partial charge on any atom is -0.497 e. The summed E-state index contributed by atoms with van der Waals surface area (Å²) < 4.78 is 34.5. The van der Waals surface area contributed by atoms with Crippen molar-refractivity contribution in [1.82, 2.24) is 3.97 Å². The number of nitriles is 1. The van der Waals surface area contributed by atoms with Crippen LogP contribution in [0.1, 0.15) is 4.88 Å². The Bertz CT molecular complexity index is 1570. The number of aromatic nitrogens is 1. The third-order valence-electron chi connectivity index (χ3n) is 5.22. The first-order valence-corrected chi connectivity index (χ1v) is 12.8. The van der Waals surface area contributed by atoms with E-state index in [0.29, 0.717) is 21.8 Å². The third-order valence-corrected chi connectivity index (χ3v) is 8.64. The van der Waals surface area contributed by atoms with Gasteiger partial charge in [0.25, 0.3) is 10.0 Å². The lowest BCUT2D eigenvalue weighted by Gasteiger charge is -2.13. The van der Waals surface area contributed by atoms with E-state index in [1.165, 1.54) is 33.8 Å². The Morgan fingerprint density at radius 2 is 1.72 bits per heavy atom. The zero-order valence-electron chi connectivity index (χ0n) is 16.8. The maximum absolute atomic E-state index is 14.0. The van der Waals surface area contributed by atoms with E-state index < -0.39 is 10.0 Å². The minimum absolute atomic E-state index is 0.161. The molecule has 0 atom stereocenters. The topological polar surface area (TPSA) is 72.1 Å². The van der Waals surface area contributed by atoms with Crippen molar-refractivity contribution in [1.29, 1.82) is 5.26 Å². The van der Waals surface area contributed by atoms with E-state index in [0.717, 1.165) is 21.4 Å². The Morgan fingerprint density at radius 3 is 2.41 bits per heavy atom. The van der Waals surface area contributed by atoms with Crippen LogP contribution in [-0.2, 0) is 10.0 Å². The molecule has 3 aromatic heterocycles. The number of hydrogen-bond acceptors (Lipinski definition) is 6. The van der Waals surface area contributed by atoms with Gasteiger partial charge in [-0.1, -0.05) is 24.3 Å². The summed E-state index contributed by atoms with van der Waals surface area (Å²) >= 11 is 2.81. The van der Waals surface area contributed by atoms with Crippen LogP contribution in [0.4, 0.5) is 0 Å². The molecule has 0 fully saturated rings. The van der Waals surface area contributed by atoms with Crippen LogP contribution < -0.4 is 4.74 Å². The summed E-state index contributed by atoms with van der Waals surface area (Å²) in [5.74, 6) is 0.581. The fraction of sp³-hybridized carbons (Fsp3) is 0.0417. The molecule has 0 unspecified atom stereocenters. The summed E-state index contributed by atoms with van der Waals surface area (Å²) in [6.45, 7) is 0. The van der Waals surface area contributed by atoms with Crippen LogP contribution in [-0.4, -0.2) is 19.5 Å². The van der Waals surface area contributed by atoms with Gasteiger partial charge in [-0.15, -0.1) is 22.7 Å². The number of ether oxygens (including phenoxy) is 1. The highest BCUT2D eigenvalue weighted by atomic mass is 32.2. The second-order valence-electron chi connectivity index (χ2n) is 6.94. The number of benzene rings is 2. The number of para-hydroxylation sites is 1. The van der Waals surface area contributed by atoms with Gasteiger partial charge in [0.2, 0.25) is 0 Å². The van der Waals surface area contributed by atoms with Crippen LogP contribution in [0.15, 0.2) is 82.4 Å². The molecule has 8 heteroatoms. The first kappa shape index (κ1) is 20.5. The Labute approximate surface area is 193 Å². The van der Waals surface area contributed by atoms with E-state index in [1.54, 1.807) is 30.3 Å². The molecule has 0 saturated carbocycles. The predicted molar refractivity (Wildman–Crippen MR) is 129 cm³/mol. The summed E-state index contributed by atoms with van der Waals surface area (Å²) in [5, 5.41) is 14.2. The largest absolute Gasteiger partial charge is 0.497 e. The van der Waals surface area contributed by atoms with E-state index in [-0.39, 0.29) is 4.90 Å². The zero-order chi connectivity index (χ0) is 22.3. The van der Waals surface area contributed by atoms with E-state index in [1.807, 2.05) is 47.2 Å². The number of nitrogens with zero attached hydrogens (tertiary/aromatic N) is 2. The lowest BCUT2D eigenvalue weighted by molar-refractivity contribution is 0.414. The monoisotopic (exact) mass is 476 g/mol. The average molecular weight is 477 g/mol. The van der Waals surface area contributed by atoms with Crippen LogP contribution in [0.5, 0.6) is 5.75 Å². The molecule has 0 saturated heterocycles. The quantitative estimate of drug-likeness (QED) is 0.302. The zero-order valence-corrected chi connectivity index (χ0v) is 19.3. The molecule has 0 aliphatic rings. The van der Waals surface area contributed by atoms with Crippen molar-refractivity contribution in [2.45, 2.75) is 4.90 Å². The summed E-state index contributed by atoms with van der Waals surface area (Å²) in [7, 11) is -2.41. The van der Waals surface area contributed by atoms with Gasteiger partial charge >= 0.3 is 0 Å². The van der Waals surface area contributed by atoms with Crippen LogP contribution >= 0.6 is 22.7 Å². The van der Waals surface area contributed by atoms with E-state index >= 15 is 0 Å². The van der Waals surface area contributed by atoms with E-state index in [2.05, 4.69) is 6.07 Å². The van der Waals surface area contributed by atoms with Crippen LogP contribution in [0.2, 0.25) is 0 Å². The molecule has 3 heterocycles. The predicted octanol–water partition coefficient (Wildman–Crippen LogP) is 6.22. The summed E-state index contributed by atoms with van der Waals surface area (Å²) in [6.07, 6.45) is 0. The molecule has 5 nitrogen and oxygen atoms in total. The summed E-state index contributed by atoms with van der Waals surface area (Å²) in [4.78, 5) is 1.52. The lowest BCUT2D eigenvalue weighted by atomic mass is 10.0. The second-order valence-corrected chi connectivity index (χ2v) is 10.6. The molecule has 0 aliphatic carbocycles. The van der Waals surface area contributed by atoms with E-state index in [4.69, 9.17) is 4.74 Å². The third kappa shape index (κ3) is 3.14. The van der Waals surface area contributed by atoms with Gasteiger partial charge in [0.15, 0.2) is 0 Å². The standard InChI is InChI=1S/C24H16N2O3S3/c1-29-16-8-10-17(11-9-16)32(27,28)26-20-6-3-2-5-18(20)23(19-12-14-31-22(19)15-25)24(26)21-7-4-13-30-21/h2-14H,1H3. The van der Waals surface area contributed by atoms with Crippen molar-refractivity contribution < 1.29 is 13.2 Å². The Morgan fingerprint density at radius 1 is 0.938 bits per heavy atom. The molecule has 158 valence electrons. The van der Waals surface area contributed by atoms with Crippen molar-refractivity contribution in [3.8, 4) is 33.5 Å². The smallest absolute Gasteiger partial charge is 0.268 e. The summed E-state index contributed by atoms with van der Waals surface area (Å²) in [5.41, 5.74) is 2.61. The molecule has 5 aromatic rings. The van der Waals surface area contributed by atoms with Crippen LogP contribution in [0.25, 0.3) is 32.6 Å². The van der Waals surface area contributed by atoms with Gasteiger partial charge in [0.1, 0.15) is 16.7 Å². The summed E-state index contributed by atoms with van der Waals surface area (Å²) in [6, 6.07) is 21.7. The molecular weight excluding hydrogens is 460 g/mol. The number of fused-ring (bicyclic) bond motifs is 1. The maximum Gasteiger partial charge on any atom is 0.268 e. The van der Waals surface area contributed by atoms with Crippen LogP contribution in [0, 0.1) is 11.3 Å². The minimum atomic E-state index is -3.95. The van der Waals surface area contributed by atoms with Gasteiger partial charge in [-0.05, 0) is 53.2 Å². The van der Waals surface area contributed by atoms with Gasteiger partial charge < -0.3 is 4.74 Å². The highest BCUT2D eigenvalue weighted by Crippen LogP contribution is 2.46. The van der Waals surface area contributed by atoms with E-state index in [9.17, 15) is 13.7 Å². The van der Waals surface area contributed by atoms with Gasteiger partial charge in [-0.2, -0.15) is 5.26 Å². The van der Waals surface area contributed by atoms with Gasteiger partial charge in [-0.25, -0.2) is 12.4 Å². The maximum atomic E-state index is 14.0. The molecule has 0 amide bonds. The molecule has 0 N–H and O–H groups in total. The molecule has 0 aliphatic heterocycles. The number of thiophene rings is 2. The highest BCUT2D eigenvalue weighted by Gasteiger charge is 2.30. The van der Waals surface area contributed by atoms with Crippen LogP contribution in [0.3, 0.4) is 0 Å². The van der Waals surface area contributed by atoms with Gasteiger partial charge in [0.05, 0.1) is 28.1 Å². The fourth-order valence-corrected chi connectivity index (χ4v) is 6.87. The molecule has 0 bridgehead atoms. The van der Waals surface area contributed by atoms with Crippen molar-refractivity contribution in [3.05, 3.63) is 82.4 Å².